The molecule has 2 aromatic rings. The molecule has 23 heavy (non-hydrogen) atoms. The zero-order chi connectivity index (χ0) is 16.5. The summed E-state index contributed by atoms with van der Waals surface area (Å²) < 4.78 is 23.5. The van der Waals surface area contributed by atoms with Gasteiger partial charge >= 0.3 is 6.03 Å². The Morgan fingerprint density at radius 1 is 0.957 bits per heavy atom. The summed E-state index contributed by atoms with van der Waals surface area (Å²) in [6.07, 6.45) is 0. The molecule has 2 N–H and O–H groups in total. The number of hydrogen-bond acceptors (Lipinski definition) is 3. The van der Waals surface area contributed by atoms with Crippen LogP contribution in [0.3, 0.4) is 0 Å². The maximum atomic E-state index is 12.8. The van der Waals surface area contributed by atoms with Crippen molar-refractivity contribution in [1.29, 1.82) is 0 Å². The molecule has 2 rings (SSSR count). The smallest absolute Gasteiger partial charge is 0.317 e. The van der Waals surface area contributed by atoms with E-state index in [2.05, 4.69) is 10.6 Å². The highest BCUT2D eigenvalue weighted by atomic mass is 19.1. The van der Waals surface area contributed by atoms with Crippen molar-refractivity contribution in [3.63, 3.8) is 0 Å². The molecule has 0 fully saturated rings. The zero-order valence-electron chi connectivity index (χ0n) is 12.8. The van der Waals surface area contributed by atoms with Crippen LogP contribution >= 0.6 is 0 Å². The van der Waals surface area contributed by atoms with E-state index in [1.807, 2.05) is 6.92 Å². The first-order valence-corrected chi connectivity index (χ1v) is 7.29. The molecule has 122 valence electrons. The van der Waals surface area contributed by atoms with Gasteiger partial charge in [0.05, 0.1) is 6.61 Å². The van der Waals surface area contributed by atoms with Gasteiger partial charge in [-0.25, -0.2) is 9.18 Å². The first-order chi connectivity index (χ1) is 11.2. The molecular formula is C17H19FN2O3. The van der Waals surface area contributed by atoms with Crippen molar-refractivity contribution < 1.29 is 18.7 Å². The fraction of sp³-hybridized carbons (Fsp3) is 0.235. The first kappa shape index (κ1) is 16.6. The van der Waals surface area contributed by atoms with Gasteiger partial charge in [0.1, 0.15) is 17.3 Å². The van der Waals surface area contributed by atoms with E-state index in [1.54, 1.807) is 36.4 Å². The Kier molecular flexibility index (Phi) is 6.23. The molecule has 0 heterocycles. The number of nitrogens with one attached hydrogen (secondary N) is 2. The predicted molar refractivity (Wildman–Crippen MR) is 84.9 cm³/mol. The van der Waals surface area contributed by atoms with Crippen LogP contribution in [0, 0.1) is 5.82 Å². The van der Waals surface area contributed by atoms with Gasteiger partial charge in [0, 0.05) is 6.54 Å². The van der Waals surface area contributed by atoms with Gasteiger partial charge in [-0.1, -0.05) is 12.1 Å². The Hall–Kier alpha value is -2.76. The number of carbonyl (C=O) groups is 1. The van der Waals surface area contributed by atoms with E-state index in [0.717, 1.165) is 11.3 Å². The number of benzene rings is 2. The van der Waals surface area contributed by atoms with Gasteiger partial charge in [-0.15, -0.1) is 0 Å². The second-order valence-electron chi connectivity index (χ2n) is 4.68. The van der Waals surface area contributed by atoms with E-state index in [9.17, 15) is 9.18 Å². The molecule has 0 aliphatic rings. The SMILES string of the molecule is CCOc1ccc(OCNC(=O)NCc2ccc(F)cc2)cc1. The van der Waals surface area contributed by atoms with Gasteiger partial charge in [-0.05, 0) is 48.9 Å². The van der Waals surface area contributed by atoms with Gasteiger partial charge < -0.3 is 20.1 Å². The van der Waals surface area contributed by atoms with Crippen molar-refractivity contribution in [2.75, 3.05) is 13.3 Å². The predicted octanol–water partition coefficient (Wildman–Crippen LogP) is 3.06. The lowest BCUT2D eigenvalue weighted by atomic mass is 10.2. The molecule has 0 bridgehead atoms. The molecule has 0 aliphatic carbocycles. The maximum absolute atomic E-state index is 12.8. The monoisotopic (exact) mass is 318 g/mol. The second kappa shape index (κ2) is 8.63. The fourth-order valence-electron chi connectivity index (χ4n) is 1.83. The van der Waals surface area contributed by atoms with Crippen LogP contribution in [0.2, 0.25) is 0 Å². The summed E-state index contributed by atoms with van der Waals surface area (Å²) in [7, 11) is 0. The van der Waals surface area contributed by atoms with Crippen molar-refractivity contribution in [1.82, 2.24) is 10.6 Å². The van der Waals surface area contributed by atoms with Crippen molar-refractivity contribution >= 4 is 6.03 Å². The van der Waals surface area contributed by atoms with Crippen molar-refractivity contribution in [3.05, 3.63) is 59.9 Å². The number of urea groups is 1. The quantitative estimate of drug-likeness (QED) is 0.771. The minimum absolute atomic E-state index is 0.0449. The summed E-state index contributed by atoms with van der Waals surface area (Å²) in [4.78, 5) is 11.6. The maximum Gasteiger partial charge on any atom is 0.317 e. The van der Waals surface area contributed by atoms with Crippen LogP contribution in [0.4, 0.5) is 9.18 Å². The molecule has 0 saturated heterocycles. The van der Waals surface area contributed by atoms with Crippen molar-refractivity contribution in [2.24, 2.45) is 0 Å². The van der Waals surface area contributed by atoms with Crippen LogP contribution in [0.25, 0.3) is 0 Å². The third-order valence-electron chi connectivity index (χ3n) is 2.97. The molecule has 0 unspecified atom stereocenters. The van der Waals surface area contributed by atoms with Crippen LogP contribution < -0.4 is 20.1 Å². The topological polar surface area (TPSA) is 59.6 Å². The number of carbonyl (C=O) groups excluding carboxylic acids is 1. The third kappa shape index (κ3) is 5.86. The van der Waals surface area contributed by atoms with E-state index >= 15 is 0 Å². The minimum atomic E-state index is -0.361. The Labute approximate surface area is 134 Å². The standard InChI is InChI=1S/C17H19FN2O3/c1-2-22-15-7-9-16(10-8-15)23-12-20-17(21)19-11-13-3-5-14(18)6-4-13/h3-10H,2,11-12H2,1H3,(H2,19,20,21). The van der Waals surface area contributed by atoms with Crippen LogP contribution in [-0.2, 0) is 6.54 Å². The van der Waals surface area contributed by atoms with E-state index in [-0.39, 0.29) is 18.6 Å². The molecule has 0 atom stereocenters. The summed E-state index contributed by atoms with van der Waals surface area (Å²) in [5, 5.41) is 5.23. The Balaban J connectivity index is 1.67. The average Bonchev–Trinajstić information content (AvgIpc) is 2.56. The normalized spacial score (nSPS) is 10.0. The molecule has 2 amide bonds. The molecule has 0 aromatic heterocycles. The van der Waals surface area contributed by atoms with E-state index in [0.29, 0.717) is 18.9 Å². The van der Waals surface area contributed by atoms with Crippen molar-refractivity contribution in [2.45, 2.75) is 13.5 Å². The lowest BCUT2D eigenvalue weighted by Crippen LogP contribution is -2.37. The van der Waals surface area contributed by atoms with Crippen LogP contribution in [0.5, 0.6) is 11.5 Å². The molecule has 0 aliphatic heterocycles. The van der Waals surface area contributed by atoms with Gasteiger partial charge in [0.15, 0.2) is 6.73 Å². The number of halogens is 1. The fourth-order valence-corrected chi connectivity index (χ4v) is 1.83. The summed E-state index contributed by atoms with van der Waals surface area (Å²) in [5.41, 5.74) is 0.814. The Morgan fingerprint density at radius 3 is 2.17 bits per heavy atom. The number of hydrogen-bond donors (Lipinski definition) is 2. The summed E-state index contributed by atoms with van der Waals surface area (Å²) in [5.74, 6) is 1.10. The highest BCUT2D eigenvalue weighted by Gasteiger charge is 2.01. The van der Waals surface area contributed by atoms with Gasteiger partial charge in [0.25, 0.3) is 0 Å². The molecule has 0 spiro atoms. The van der Waals surface area contributed by atoms with E-state index < -0.39 is 0 Å². The van der Waals surface area contributed by atoms with E-state index in [4.69, 9.17) is 9.47 Å². The number of rotatable bonds is 7. The summed E-state index contributed by atoms with van der Waals surface area (Å²) in [6, 6.07) is 12.7. The molecule has 0 saturated carbocycles. The van der Waals surface area contributed by atoms with E-state index in [1.165, 1.54) is 12.1 Å². The Morgan fingerprint density at radius 2 is 1.57 bits per heavy atom. The minimum Gasteiger partial charge on any atom is -0.494 e. The average molecular weight is 318 g/mol. The van der Waals surface area contributed by atoms with Crippen molar-refractivity contribution in [3.8, 4) is 11.5 Å². The van der Waals surface area contributed by atoms with Gasteiger partial charge in [-0.2, -0.15) is 0 Å². The third-order valence-corrected chi connectivity index (χ3v) is 2.97. The number of amides is 2. The zero-order valence-corrected chi connectivity index (χ0v) is 12.8. The Bertz CT molecular complexity index is 615. The molecular weight excluding hydrogens is 299 g/mol. The van der Waals surface area contributed by atoms with Crippen LogP contribution in [-0.4, -0.2) is 19.4 Å². The van der Waals surface area contributed by atoms with Crippen LogP contribution in [0.15, 0.2) is 48.5 Å². The van der Waals surface area contributed by atoms with Gasteiger partial charge in [-0.3, -0.25) is 0 Å². The number of ether oxygens (including phenoxy) is 2. The largest absolute Gasteiger partial charge is 0.494 e. The molecule has 2 aromatic carbocycles. The molecule has 5 nitrogen and oxygen atoms in total. The lowest BCUT2D eigenvalue weighted by molar-refractivity contribution is 0.223. The molecule has 0 radical (unpaired) electrons. The highest BCUT2D eigenvalue weighted by molar-refractivity contribution is 5.73. The summed E-state index contributed by atoms with van der Waals surface area (Å²) >= 11 is 0. The second-order valence-corrected chi connectivity index (χ2v) is 4.68. The summed E-state index contributed by atoms with van der Waals surface area (Å²) in [6.45, 7) is 2.88. The first-order valence-electron chi connectivity index (χ1n) is 7.29. The molecule has 6 heteroatoms. The highest BCUT2D eigenvalue weighted by Crippen LogP contribution is 2.17. The van der Waals surface area contributed by atoms with Gasteiger partial charge in [0.2, 0.25) is 0 Å². The van der Waals surface area contributed by atoms with Crippen LogP contribution in [0.1, 0.15) is 12.5 Å². The lowest BCUT2D eigenvalue weighted by Gasteiger charge is -2.10.